The standard InChI is InChI=1S/C16H25N/c1-2-3-4-5-6-7-11-14-17-15-16-12-9-8-10-13-16/h8-10,12-14H,2-7,11,15H2,1H3. The van der Waals surface area contributed by atoms with E-state index in [2.05, 4.69) is 42.4 Å². The van der Waals surface area contributed by atoms with Crippen LogP contribution >= 0.6 is 0 Å². The molecule has 0 radical (unpaired) electrons. The fourth-order valence-electron chi connectivity index (χ4n) is 1.86. The van der Waals surface area contributed by atoms with Crippen molar-refractivity contribution < 1.29 is 0 Å². The zero-order valence-corrected chi connectivity index (χ0v) is 11.1. The van der Waals surface area contributed by atoms with Crippen LogP contribution in [0.1, 0.15) is 57.4 Å². The van der Waals surface area contributed by atoms with Crippen molar-refractivity contribution in [1.82, 2.24) is 0 Å². The van der Waals surface area contributed by atoms with Gasteiger partial charge in [-0.1, -0.05) is 69.4 Å². The van der Waals surface area contributed by atoms with Crippen LogP contribution < -0.4 is 0 Å². The molecule has 94 valence electrons. The van der Waals surface area contributed by atoms with Gasteiger partial charge in [0.15, 0.2) is 0 Å². The van der Waals surface area contributed by atoms with Gasteiger partial charge in [-0.3, -0.25) is 4.99 Å². The van der Waals surface area contributed by atoms with E-state index in [4.69, 9.17) is 0 Å². The molecule has 0 aliphatic rings. The van der Waals surface area contributed by atoms with Gasteiger partial charge in [0.2, 0.25) is 0 Å². The predicted octanol–water partition coefficient (Wildman–Crippen LogP) is 5.01. The molecule has 0 amide bonds. The lowest BCUT2D eigenvalue weighted by Crippen LogP contribution is -1.83. The third-order valence-electron chi connectivity index (χ3n) is 2.93. The first-order chi connectivity index (χ1) is 8.43. The summed E-state index contributed by atoms with van der Waals surface area (Å²) >= 11 is 0. The van der Waals surface area contributed by atoms with E-state index in [0.29, 0.717) is 0 Å². The van der Waals surface area contributed by atoms with E-state index in [9.17, 15) is 0 Å². The fraction of sp³-hybridized carbons (Fsp3) is 0.562. The van der Waals surface area contributed by atoms with E-state index >= 15 is 0 Å². The average Bonchev–Trinajstić information content (AvgIpc) is 2.38. The highest BCUT2D eigenvalue weighted by Gasteiger charge is 1.89. The van der Waals surface area contributed by atoms with Crippen LogP contribution in [0.2, 0.25) is 0 Å². The van der Waals surface area contributed by atoms with E-state index in [0.717, 1.165) is 13.0 Å². The van der Waals surface area contributed by atoms with Crippen LogP contribution in [0, 0.1) is 0 Å². The molecule has 0 spiro atoms. The first kappa shape index (κ1) is 14.0. The molecule has 0 unspecified atom stereocenters. The second-order valence-corrected chi connectivity index (χ2v) is 4.57. The first-order valence-electron chi connectivity index (χ1n) is 6.95. The van der Waals surface area contributed by atoms with Crippen LogP contribution in [0.25, 0.3) is 0 Å². The van der Waals surface area contributed by atoms with Crippen LogP contribution in [0.15, 0.2) is 35.3 Å². The molecule has 1 rings (SSSR count). The minimum Gasteiger partial charge on any atom is -0.293 e. The van der Waals surface area contributed by atoms with Gasteiger partial charge in [0.1, 0.15) is 0 Å². The highest BCUT2D eigenvalue weighted by atomic mass is 14.7. The molecule has 1 heteroatoms. The number of hydrogen-bond acceptors (Lipinski definition) is 1. The van der Waals surface area contributed by atoms with Gasteiger partial charge in [-0.2, -0.15) is 0 Å². The van der Waals surface area contributed by atoms with Crippen LogP contribution in [-0.2, 0) is 6.54 Å². The first-order valence-corrected chi connectivity index (χ1v) is 6.95. The molecule has 0 saturated carbocycles. The van der Waals surface area contributed by atoms with Crippen molar-refractivity contribution in [1.29, 1.82) is 0 Å². The van der Waals surface area contributed by atoms with Gasteiger partial charge in [0, 0.05) is 0 Å². The van der Waals surface area contributed by atoms with Gasteiger partial charge in [0.05, 0.1) is 6.54 Å². The quantitative estimate of drug-likeness (QED) is 0.418. The number of rotatable bonds is 9. The number of nitrogens with zero attached hydrogens (tertiary/aromatic N) is 1. The van der Waals surface area contributed by atoms with Gasteiger partial charge < -0.3 is 0 Å². The van der Waals surface area contributed by atoms with Crippen LogP contribution in [0.5, 0.6) is 0 Å². The lowest BCUT2D eigenvalue weighted by molar-refractivity contribution is 0.616. The second-order valence-electron chi connectivity index (χ2n) is 4.57. The molecule has 0 aliphatic heterocycles. The van der Waals surface area contributed by atoms with Crippen molar-refractivity contribution in [2.45, 2.75) is 58.4 Å². The molecule has 0 fully saturated rings. The highest BCUT2D eigenvalue weighted by Crippen LogP contribution is 2.06. The minimum atomic E-state index is 0.830. The van der Waals surface area contributed by atoms with Crippen molar-refractivity contribution in [3.8, 4) is 0 Å². The van der Waals surface area contributed by atoms with Crippen molar-refractivity contribution >= 4 is 6.21 Å². The summed E-state index contributed by atoms with van der Waals surface area (Å²) in [5.74, 6) is 0. The van der Waals surface area contributed by atoms with Crippen molar-refractivity contribution in [3.63, 3.8) is 0 Å². The van der Waals surface area contributed by atoms with Gasteiger partial charge in [-0.05, 0) is 24.6 Å². The lowest BCUT2D eigenvalue weighted by Gasteiger charge is -1.98. The van der Waals surface area contributed by atoms with Crippen molar-refractivity contribution in [2.75, 3.05) is 0 Å². The van der Waals surface area contributed by atoms with Crippen molar-refractivity contribution in [3.05, 3.63) is 35.9 Å². The van der Waals surface area contributed by atoms with Crippen LogP contribution in [0.4, 0.5) is 0 Å². The third kappa shape index (κ3) is 7.73. The summed E-state index contributed by atoms with van der Waals surface area (Å²) in [5.41, 5.74) is 1.30. The van der Waals surface area contributed by atoms with Gasteiger partial charge in [-0.15, -0.1) is 0 Å². The van der Waals surface area contributed by atoms with E-state index in [-0.39, 0.29) is 0 Å². The zero-order valence-electron chi connectivity index (χ0n) is 11.1. The van der Waals surface area contributed by atoms with E-state index in [1.165, 1.54) is 44.1 Å². The van der Waals surface area contributed by atoms with Crippen molar-refractivity contribution in [2.24, 2.45) is 4.99 Å². The largest absolute Gasteiger partial charge is 0.293 e. The number of hydrogen-bond donors (Lipinski definition) is 0. The van der Waals surface area contributed by atoms with Crippen LogP contribution in [0.3, 0.4) is 0 Å². The predicted molar refractivity (Wildman–Crippen MR) is 76.6 cm³/mol. The molecule has 0 N–H and O–H groups in total. The molecular formula is C16H25N. The molecule has 0 bridgehead atoms. The van der Waals surface area contributed by atoms with E-state index in [1.54, 1.807) is 0 Å². The zero-order chi connectivity index (χ0) is 12.2. The fourth-order valence-corrected chi connectivity index (χ4v) is 1.86. The summed E-state index contributed by atoms with van der Waals surface area (Å²) in [6.07, 6.45) is 11.4. The molecule has 0 aromatic heterocycles. The Morgan fingerprint density at radius 3 is 2.41 bits per heavy atom. The summed E-state index contributed by atoms with van der Waals surface area (Å²) in [6, 6.07) is 10.4. The Hall–Kier alpha value is -1.11. The number of aliphatic imine (C=N–C) groups is 1. The summed E-state index contributed by atoms with van der Waals surface area (Å²) in [7, 11) is 0. The second kappa shape index (κ2) is 10.1. The minimum absolute atomic E-state index is 0.830. The maximum atomic E-state index is 4.45. The Balaban J connectivity index is 1.96. The molecule has 1 aromatic carbocycles. The molecular weight excluding hydrogens is 206 g/mol. The molecule has 0 aliphatic carbocycles. The van der Waals surface area contributed by atoms with E-state index in [1.807, 2.05) is 6.07 Å². The maximum Gasteiger partial charge on any atom is 0.0635 e. The third-order valence-corrected chi connectivity index (χ3v) is 2.93. The monoisotopic (exact) mass is 231 g/mol. The Bertz CT molecular complexity index is 290. The molecule has 0 saturated heterocycles. The Labute approximate surface area is 106 Å². The molecule has 0 heterocycles. The Kier molecular flexibility index (Phi) is 8.27. The van der Waals surface area contributed by atoms with Gasteiger partial charge in [-0.25, -0.2) is 0 Å². The number of unbranched alkanes of at least 4 members (excludes halogenated alkanes) is 6. The Morgan fingerprint density at radius 2 is 1.65 bits per heavy atom. The molecule has 1 aromatic rings. The summed E-state index contributed by atoms with van der Waals surface area (Å²) in [5, 5.41) is 0. The summed E-state index contributed by atoms with van der Waals surface area (Å²) in [6.45, 7) is 3.09. The maximum absolute atomic E-state index is 4.45. The number of benzene rings is 1. The normalized spacial score (nSPS) is 11.1. The molecule has 1 nitrogen and oxygen atoms in total. The summed E-state index contributed by atoms with van der Waals surface area (Å²) < 4.78 is 0. The highest BCUT2D eigenvalue weighted by molar-refractivity contribution is 5.57. The van der Waals surface area contributed by atoms with Gasteiger partial charge >= 0.3 is 0 Å². The summed E-state index contributed by atoms with van der Waals surface area (Å²) in [4.78, 5) is 4.45. The molecule has 0 atom stereocenters. The SMILES string of the molecule is CCCCCCCCC=NCc1ccccc1. The smallest absolute Gasteiger partial charge is 0.0635 e. The lowest BCUT2D eigenvalue weighted by atomic mass is 10.1. The topological polar surface area (TPSA) is 12.4 Å². The van der Waals surface area contributed by atoms with E-state index < -0.39 is 0 Å². The van der Waals surface area contributed by atoms with Crippen LogP contribution in [-0.4, -0.2) is 6.21 Å². The Morgan fingerprint density at radius 1 is 0.941 bits per heavy atom. The van der Waals surface area contributed by atoms with Gasteiger partial charge in [0.25, 0.3) is 0 Å². The molecule has 17 heavy (non-hydrogen) atoms. The average molecular weight is 231 g/mol.